The van der Waals surface area contributed by atoms with Gasteiger partial charge >= 0.3 is 0 Å². The zero-order chi connectivity index (χ0) is 20.8. The molecule has 0 aliphatic carbocycles. The summed E-state index contributed by atoms with van der Waals surface area (Å²) in [7, 11) is 1.84. The molecule has 7 nitrogen and oxygen atoms in total. The van der Waals surface area contributed by atoms with Gasteiger partial charge in [-0.25, -0.2) is 0 Å². The molecular formula is C21H25N5O2S2. The maximum Gasteiger partial charge on any atom is 0.233 e. The number of rotatable bonds is 8. The summed E-state index contributed by atoms with van der Waals surface area (Å²) in [6.45, 7) is 4.26. The van der Waals surface area contributed by atoms with Crippen molar-refractivity contribution in [3.8, 4) is 0 Å². The number of carbonyl (C=O) groups is 1. The molecule has 30 heavy (non-hydrogen) atoms. The Labute approximate surface area is 184 Å². The molecule has 0 bridgehead atoms. The normalized spacial score (nSPS) is 14.1. The number of carbonyl (C=O) groups excluding carboxylic acids is 1. The van der Waals surface area contributed by atoms with Gasteiger partial charge in [0, 0.05) is 25.0 Å². The van der Waals surface area contributed by atoms with Crippen molar-refractivity contribution >= 4 is 35.0 Å². The van der Waals surface area contributed by atoms with Gasteiger partial charge in [0.05, 0.1) is 32.1 Å². The Balaban J connectivity index is 1.47. The van der Waals surface area contributed by atoms with E-state index < -0.39 is 0 Å². The second-order valence-electron chi connectivity index (χ2n) is 7.07. The molecule has 1 saturated heterocycles. The Kier molecular flexibility index (Phi) is 7.03. The first-order valence-electron chi connectivity index (χ1n) is 9.89. The molecule has 1 aromatic carbocycles. The lowest BCUT2D eigenvalue weighted by molar-refractivity contribution is -0.127. The topological polar surface area (TPSA) is 63.5 Å². The predicted molar refractivity (Wildman–Crippen MR) is 120 cm³/mol. The molecule has 1 amide bonds. The Morgan fingerprint density at radius 1 is 1.17 bits per heavy atom. The van der Waals surface area contributed by atoms with Crippen LogP contribution in [0.25, 0.3) is 0 Å². The predicted octanol–water partition coefficient (Wildman–Crippen LogP) is 2.98. The van der Waals surface area contributed by atoms with Crippen molar-refractivity contribution in [3.63, 3.8) is 0 Å². The molecule has 1 aliphatic heterocycles. The first kappa shape index (κ1) is 20.9. The zero-order valence-corrected chi connectivity index (χ0v) is 18.6. The number of thiophene rings is 1. The number of nitrogens with zero attached hydrogens (tertiary/aromatic N) is 5. The van der Waals surface area contributed by atoms with Crippen molar-refractivity contribution in [1.29, 1.82) is 0 Å². The molecule has 0 saturated carbocycles. The molecular weight excluding hydrogens is 418 g/mol. The van der Waals surface area contributed by atoms with E-state index >= 15 is 0 Å². The van der Waals surface area contributed by atoms with Gasteiger partial charge in [0.2, 0.25) is 11.9 Å². The van der Waals surface area contributed by atoms with Crippen LogP contribution in [-0.4, -0.2) is 64.7 Å². The summed E-state index contributed by atoms with van der Waals surface area (Å²) in [5.74, 6) is 1.25. The highest BCUT2D eigenvalue weighted by atomic mass is 32.2. The summed E-state index contributed by atoms with van der Waals surface area (Å²) in [4.78, 5) is 17.8. The molecule has 4 rings (SSSR count). The summed E-state index contributed by atoms with van der Waals surface area (Å²) in [5.41, 5.74) is 1.18. The van der Waals surface area contributed by atoms with Crippen LogP contribution in [0.2, 0.25) is 0 Å². The second-order valence-corrected chi connectivity index (χ2v) is 9.05. The molecule has 1 aliphatic rings. The quantitative estimate of drug-likeness (QED) is 0.499. The van der Waals surface area contributed by atoms with Gasteiger partial charge in [0.1, 0.15) is 0 Å². The number of anilines is 1. The third kappa shape index (κ3) is 5.21. The van der Waals surface area contributed by atoms with Crippen LogP contribution in [0.4, 0.5) is 5.95 Å². The number of benzene rings is 1. The maximum atomic E-state index is 12.6. The number of morpholine rings is 1. The van der Waals surface area contributed by atoms with Gasteiger partial charge in [-0.15, -0.1) is 21.5 Å². The van der Waals surface area contributed by atoms with E-state index in [2.05, 4.69) is 31.8 Å². The van der Waals surface area contributed by atoms with Crippen LogP contribution in [0.1, 0.15) is 10.4 Å². The maximum absolute atomic E-state index is 12.6. The first-order chi connectivity index (χ1) is 14.7. The van der Waals surface area contributed by atoms with E-state index in [9.17, 15) is 4.79 Å². The van der Waals surface area contributed by atoms with Gasteiger partial charge in [0.25, 0.3) is 0 Å². The van der Waals surface area contributed by atoms with E-state index in [1.807, 2.05) is 42.8 Å². The molecule has 0 atom stereocenters. The van der Waals surface area contributed by atoms with E-state index in [-0.39, 0.29) is 5.91 Å². The third-order valence-electron chi connectivity index (χ3n) is 4.90. The third-order valence-corrected chi connectivity index (χ3v) is 6.71. The molecule has 0 N–H and O–H groups in total. The molecule has 1 fully saturated rings. The standard InChI is InChI=1S/C21H25N5O2S2/c1-24(15-18-8-5-13-29-18)19(27)16-30-21-23-22-20(25-9-11-28-12-10-25)26(21)14-17-6-3-2-4-7-17/h2-8,13H,9-12,14-16H2,1H3. The zero-order valence-electron chi connectivity index (χ0n) is 16.9. The van der Waals surface area contributed by atoms with Crippen LogP contribution >= 0.6 is 23.1 Å². The molecule has 9 heteroatoms. The van der Waals surface area contributed by atoms with Gasteiger partial charge in [-0.05, 0) is 17.0 Å². The van der Waals surface area contributed by atoms with Crippen LogP contribution in [0.15, 0.2) is 53.0 Å². The number of hydrogen-bond acceptors (Lipinski definition) is 7. The first-order valence-corrected chi connectivity index (χ1v) is 11.8. The van der Waals surface area contributed by atoms with Crippen LogP contribution in [-0.2, 0) is 22.6 Å². The van der Waals surface area contributed by atoms with E-state index in [0.29, 0.717) is 32.1 Å². The SMILES string of the molecule is CN(Cc1cccs1)C(=O)CSc1nnc(N2CCOCC2)n1Cc1ccccc1. The lowest BCUT2D eigenvalue weighted by Gasteiger charge is -2.28. The number of aromatic nitrogens is 3. The minimum Gasteiger partial charge on any atom is -0.378 e. The van der Waals surface area contributed by atoms with Gasteiger partial charge in [-0.1, -0.05) is 48.2 Å². The summed E-state index contributed by atoms with van der Waals surface area (Å²) in [6.07, 6.45) is 0. The van der Waals surface area contributed by atoms with Crippen LogP contribution in [0.5, 0.6) is 0 Å². The molecule has 2 aromatic heterocycles. The average Bonchev–Trinajstić information content (AvgIpc) is 3.43. The van der Waals surface area contributed by atoms with Gasteiger partial charge in [0.15, 0.2) is 5.16 Å². The summed E-state index contributed by atoms with van der Waals surface area (Å²) in [6, 6.07) is 14.3. The van der Waals surface area contributed by atoms with Crippen molar-refractivity contribution < 1.29 is 9.53 Å². The van der Waals surface area contributed by atoms with Gasteiger partial charge in [-0.3, -0.25) is 9.36 Å². The Hall–Kier alpha value is -2.36. The lowest BCUT2D eigenvalue weighted by Crippen LogP contribution is -2.38. The van der Waals surface area contributed by atoms with E-state index in [4.69, 9.17) is 4.74 Å². The van der Waals surface area contributed by atoms with Crippen molar-refractivity contribution in [2.24, 2.45) is 0 Å². The highest BCUT2D eigenvalue weighted by molar-refractivity contribution is 7.99. The average molecular weight is 444 g/mol. The lowest BCUT2D eigenvalue weighted by atomic mass is 10.2. The van der Waals surface area contributed by atoms with E-state index in [0.717, 1.165) is 24.2 Å². The highest BCUT2D eigenvalue weighted by Crippen LogP contribution is 2.24. The van der Waals surface area contributed by atoms with E-state index in [1.165, 1.54) is 22.2 Å². The smallest absolute Gasteiger partial charge is 0.233 e. The number of amides is 1. The minimum atomic E-state index is 0.0792. The van der Waals surface area contributed by atoms with Crippen molar-refractivity contribution in [2.75, 3.05) is 44.0 Å². The molecule has 0 unspecified atom stereocenters. The molecule has 3 heterocycles. The molecule has 0 radical (unpaired) electrons. The summed E-state index contributed by atoms with van der Waals surface area (Å²) < 4.78 is 7.59. The Morgan fingerprint density at radius 3 is 2.70 bits per heavy atom. The fourth-order valence-corrected chi connectivity index (χ4v) is 4.88. The second kappa shape index (κ2) is 10.1. The molecule has 0 spiro atoms. The monoisotopic (exact) mass is 443 g/mol. The van der Waals surface area contributed by atoms with Gasteiger partial charge in [-0.2, -0.15) is 0 Å². The minimum absolute atomic E-state index is 0.0792. The highest BCUT2D eigenvalue weighted by Gasteiger charge is 2.22. The van der Waals surface area contributed by atoms with Crippen LogP contribution in [0.3, 0.4) is 0 Å². The Bertz CT molecular complexity index is 940. The largest absolute Gasteiger partial charge is 0.378 e. The van der Waals surface area contributed by atoms with Crippen molar-refractivity contribution in [3.05, 3.63) is 58.3 Å². The fourth-order valence-electron chi connectivity index (χ4n) is 3.25. The summed E-state index contributed by atoms with van der Waals surface area (Å²) >= 11 is 3.11. The number of ether oxygens (including phenoxy) is 1. The number of thioether (sulfide) groups is 1. The van der Waals surface area contributed by atoms with Crippen molar-refractivity contribution in [2.45, 2.75) is 18.2 Å². The summed E-state index contributed by atoms with van der Waals surface area (Å²) in [5, 5.41) is 11.7. The number of hydrogen-bond donors (Lipinski definition) is 0. The van der Waals surface area contributed by atoms with Crippen molar-refractivity contribution in [1.82, 2.24) is 19.7 Å². The van der Waals surface area contributed by atoms with Gasteiger partial charge < -0.3 is 14.5 Å². The van der Waals surface area contributed by atoms with E-state index in [1.54, 1.807) is 16.2 Å². The van der Waals surface area contributed by atoms with Crippen LogP contribution in [0, 0.1) is 0 Å². The fraction of sp³-hybridized carbons (Fsp3) is 0.381. The Morgan fingerprint density at radius 2 is 1.97 bits per heavy atom. The molecule has 3 aromatic rings. The van der Waals surface area contributed by atoms with Crippen LogP contribution < -0.4 is 4.90 Å². The molecule has 158 valence electrons.